The number of nitrogens with zero attached hydrogens (tertiary/aromatic N) is 3. The molecule has 1 aromatic heterocycles. The molecule has 0 unspecified atom stereocenters. The minimum Gasteiger partial charge on any atom is -0.341 e. The second-order valence-corrected chi connectivity index (χ2v) is 7.96. The summed E-state index contributed by atoms with van der Waals surface area (Å²) in [5, 5.41) is 0. The molecule has 4 rings (SSSR count). The molecule has 0 radical (unpaired) electrons. The van der Waals surface area contributed by atoms with Crippen LogP contribution in [0.5, 0.6) is 0 Å². The molecule has 142 valence electrons. The molecular weight excluding hydrogens is 334 g/mol. The van der Waals surface area contributed by atoms with E-state index in [1.165, 1.54) is 30.5 Å². The summed E-state index contributed by atoms with van der Waals surface area (Å²) < 4.78 is 0. The summed E-state index contributed by atoms with van der Waals surface area (Å²) in [6.07, 6.45) is 7.23. The van der Waals surface area contributed by atoms with Gasteiger partial charge in [0.1, 0.15) is 0 Å². The molecule has 1 amide bonds. The summed E-state index contributed by atoms with van der Waals surface area (Å²) in [6.45, 7) is 6.86. The summed E-state index contributed by atoms with van der Waals surface area (Å²) in [7, 11) is 0. The van der Waals surface area contributed by atoms with Crippen molar-refractivity contribution in [2.45, 2.75) is 26.2 Å². The van der Waals surface area contributed by atoms with Crippen molar-refractivity contribution in [3.8, 4) is 11.1 Å². The SMILES string of the molecule is CCN1CCN(CC2CC2)C[C@@H](Cc2ccc(-c3cccnc3)cc2)C1=O. The number of hydrogen-bond donors (Lipinski definition) is 0. The number of amides is 1. The summed E-state index contributed by atoms with van der Waals surface area (Å²) >= 11 is 0. The quantitative estimate of drug-likeness (QED) is 0.788. The maximum absolute atomic E-state index is 13.0. The van der Waals surface area contributed by atoms with E-state index in [9.17, 15) is 4.79 Å². The fourth-order valence-electron chi connectivity index (χ4n) is 4.06. The van der Waals surface area contributed by atoms with Crippen molar-refractivity contribution in [2.75, 3.05) is 32.7 Å². The first-order valence-corrected chi connectivity index (χ1v) is 10.2. The topological polar surface area (TPSA) is 36.4 Å². The highest BCUT2D eigenvalue weighted by Gasteiger charge is 2.32. The van der Waals surface area contributed by atoms with E-state index in [1.54, 1.807) is 6.20 Å². The van der Waals surface area contributed by atoms with E-state index in [4.69, 9.17) is 0 Å². The Labute approximate surface area is 162 Å². The van der Waals surface area contributed by atoms with E-state index in [-0.39, 0.29) is 5.92 Å². The molecule has 0 N–H and O–H groups in total. The van der Waals surface area contributed by atoms with E-state index in [1.807, 2.05) is 17.2 Å². The highest BCUT2D eigenvalue weighted by Crippen LogP contribution is 2.30. The van der Waals surface area contributed by atoms with E-state index in [0.29, 0.717) is 5.91 Å². The largest absolute Gasteiger partial charge is 0.341 e. The van der Waals surface area contributed by atoms with Gasteiger partial charge in [-0.2, -0.15) is 0 Å². The number of benzene rings is 1. The van der Waals surface area contributed by atoms with E-state index < -0.39 is 0 Å². The summed E-state index contributed by atoms with van der Waals surface area (Å²) in [4.78, 5) is 21.8. The van der Waals surface area contributed by atoms with Gasteiger partial charge >= 0.3 is 0 Å². The molecule has 4 nitrogen and oxygen atoms in total. The Kier molecular flexibility index (Phi) is 5.53. The fourth-order valence-corrected chi connectivity index (χ4v) is 4.06. The third kappa shape index (κ3) is 4.56. The van der Waals surface area contributed by atoms with Crippen molar-refractivity contribution in [1.29, 1.82) is 0 Å². The van der Waals surface area contributed by atoms with Crippen LogP contribution < -0.4 is 0 Å². The molecule has 1 atom stereocenters. The summed E-state index contributed by atoms with van der Waals surface area (Å²) in [6, 6.07) is 12.7. The van der Waals surface area contributed by atoms with Crippen molar-refractivity contribution in [3.63, 3.8) is 0 Å². The Morgan fingerprint density at radius 1 is 1.07 bits per heavy atom. The third-order valence-corrected chi connectivity index (χ3v) is 5.85. The van der Waals surface area contributed by atoms with Crippen LogP contribution in [0, 0.1) is 11.8 Å². The highest BCUT2D eigenvalue weighted by atomic mass is 16.2. The number of hydrogen-bond acceptors (Lipinski definition) is 3. The van der Waals surface area contributed by atoms with Crippen LogP contribution in [0.3, 0.4) is 0 Å². The predicted octanol–water partition coefficient (Wildman–Crippen LogP) is 3.48. The normalized spacial score (nSPS) is 21.3. The monoisotopic (exact) mass is 363 g/mol. The van der Waals surface area contributed by atoms with Crippen LogP contribution in [0.4, 0.5) is 0 Å². The Hall–Kier alpha value is -2.20. The lowest BCUT2D eigenvalue weighted by Gasteiger charge is -2.23. The lowest BCUT2D eigenvalue weighted by atomic mass is 9.96. The highest BCUT2D eigenvalue weighted by molar-refractivity contribution is 5.79. The Morgan fingerprint density at radius 2 is 1.89 bits per heavy atom. The smallest absolute Gasteiger partial charge is 0.227 e. The van der Waals surface area contributed by atoms with Crippen LogP contribution >= 0.6 is 0 Å². The Balaban J connectivity index is 1.47. The minimum absolute atomic E-state index is 0.0652. The van der Waals surface area contributed by atoms with Crippen LogP contribution in [0.15, 0.2) is 48.8 Å². The molecule has 4 heteroatoms. The molecule has 1 saturated carbocycles. The molecule has 0 bridgehead atoms. The summed E-state index contributed by atoms with van der Waals surface area (Å²) in [5.74, 6) is 1.26. The van der Waals surface area contributed by atoms with E-state index in [0.717, 1.165) is 44.1 Å². The van der Waals surface area contributed by atoms with Crippen molar-refractivity contribution < 1.29 is 4.79 Å². The van der Waals surface area contributed by atoms with Crippen molar-refractivity contribution in [1.82, 2.24) is 14.8 Å². The Bertz CT molecular complexity index is 755. The molecule has 2 fully saturated rings. The van der Waals surface area contributed by atoms with Gasteiger partial charge in [-0.25, -0.2) is 0 Å². The molecule has 2 aromatic rings. The van der Waals surface area contributed by atoms with Gasteiger partial charge in [-0.15, -0.1) is 0 Å². The molecule has 1 aliphatic heterocycles. The molecule has 2 heterocycles. The third-order valence-electron chi connectivity index (χ3n) is 5.85. The first kappa shape index (κ1) is 18.2. The zero-order chi connectivity index (χ0) is 18.6. The van der Waals surface area contributed by atoms with Gasteiger partial charge in [-0.05, 0) is 54.9 Å². The van der Waals surface area contributed by atoms with Crippen LogP contribution in [-0.4, -0.2) is 53.4 Å². The molecule has 2 aliphatic rings. The zero-order valence-electron chi connectivity index (χ0n) is 16.2. The van der Waals surface area contributed by atoms with Crippen LogP contribution in [-0.2, 0) is 11.2 Å². The molecule has 1 aromatic carbocycles. The number of carbonyl (C=O) groups is 1. The number of rotatable bonds is 6. The van der Waals surface area contributed by atoms with Gasteiger partial charge in [-0.1, -0.05) is 30.3 Å². The van der Waals surface area contributed by atoms with Gasteiger partial charge in [-0.3, -0.25) is 9.78 Å². The van der Waals surface area contributed by atoms with Gasteiger partial charge in [0.25, 0.3) is 0 Å². The first-order valence-electron chi connectivity index (χ1n) is 10.2. The predicted molar refractivity (Wildman–Crippen MR) is 108 cm³/mol. The molecule has 1 aliphatic carbocycles. The van der Waals surface area contributed by atoms with E-state index in [2.05, 4.69) is 47.1 Å². The second kappa shape index (κ2) is 8.22. The van der Waals surface area contributed by atoms with Gasteiger partial charge in [0.2, 0.25) is 5.91 Å². The zero-order valence-corrected chi connectivity index (χ0v) is 16.2. The van der Waals surface area contributed by atoms with E-state index >= 15 is 0 Å². The summed E-state index contributed by atoms with van der Waals surface area (Å²) in [5.41, 5.74) is 3.54. The first-order chi connectivity index (χ1) is 13.2. The van der Waals surface area contributed by atoms with Crippen molar-refractivity contribution in [2.24, 2.45) is 11.8 Å². The fraction of sp³-hybridized carbons (Fsp3) is 0.478. The van der Waals surface area contributed by atoms with Crippen molar-refractivity contribution >= 4 is 5.91 Å². The van der Waals surface area contributed by atoms with Crippen LogP contribution in [0.1, 0.15) is 25.3 Å². The molecule has 1 saturated heterocycles. The Morgan fingerprint density at radius 3 is 2.56 bits per heavy atom. The van der Waals surface area contributed by atoms with Gasteiger partial charge in [0.05, 0.1) is 5.92 Å². The van der Waals surface area contributed by atoms with Gasteiger partial charge < -0.3 is 9.80 Å². The van der Waals surface area contributed by atoms with Gasteiger partial charge in [0, 0.05) is 45.1 Å². The van der Waals surface area contributed by atoms with Gasteiger partial charge in [0.15, 0.2) is 0 Å². The van der Waals surface area contributed by atoms with Crippen molar-refractivity contribution in [3.05, 3.63) is 54.4 Å². The number of likely N-dealkylation sites (N-methyl/N-ethyl adjacent to an activating group) is 1. The number of aromatic nitrogens is 1. The standard InChI is InChI=1S/C23H29N3O/c1-2-26-13-12-25(16-19-5-6-19)17-22(23(26)27)14-18-7-9-20(10-8-18)21-4-3-11-24-15-21/h3-4,7-11,15,19,22H,2,5-6,12-14,16-17H2,1H3/t22-/m1/s1. The average Bonchev–Trinajstić information content (AvgIpc) is 3.53. The maximum atomic E-state index is 13.0. The second-order valence-electron chi connectivity index (χ2n) is 7.96. The molecular formula is C23H29N3O. The lowest BCUT2D eigenvalue weighted by molar-refractivity contribution is -0.134. The lowest BCUT2D eigenvalue weighted by Crippen LogP contribution is -2.37. The van der Waals surface area contributed by atoms with Crippen LogP contribution in [0.25, 0.3) is 11.1 Å². The van der Waals surface area contributed by atoms with Crippen LogP contribution in [0.2, 0.25) is 0 Å². The maximum Gasteiger partial charge on any atom is 0.227 e. The molecule has 27 heavy (non-hydrogen) atoms. The molecule has 0 spiro atoms. The number of carbonyl (C=O) groups excluding carboxylic acids is 1. The minimum atomic E-state index is 0.0652. The number of pyridine rings is 1. The average molecular weight is 364 g/mol.